The summed E-state index contributed by atoms with van der Waals surface area (Å²) < 4.78 is 5.08. The number of alkyl carbamates (subject to hydrolysis) is 1. The smallest absolute Gasteiger partial charge is 0.543 e. The molecule has 1 saturated heterocycles. The summed E-state index contributed by atoms with van der Waals surface area (Å²) in [5.74, 6) is -1.83. The van der Waals surface area contributed by atoms with Gasteiger partial charge >= 0.3 is 57.5 Å². The molecule has 2 rings (SSSR count). The minimum atomic E-state index is -1.52. The first-order valence-corrected chi connectivity index (χ1v) is 7.69. The first kappa shape index (κ1) is 20.9. The number of fused-ring (bicyclic) bond motifs is 1. The number of carboxylic acids is 1. The molecule has 122 valence electrons. The van der Waals surface area contributed by atoms with Gasteiger partial charge in [-0.25, -0.2) is 4.79 Å². The van der Waals surface area contributed by atoms with Gasteiger partial charge in [-0.15, -0.1) is 11.8 Å². The summed E-state index contributed by atoms with van der Waals surface area (Å²) in [5.41, 5.74) is -0.778. The normalized spacial score (nSPS) is 23.5. The fourth-order valence-corrected chi connectivity index (χ4v) is 3.56. The number of thioether (sulfide) groups is 1. The molecule has 0 radical (unpaired) electrons. The summed E-state index contributed by atoms with van der Waals surface area (Å²) >= 11 is 1.26. The van der Waals surface area contributed by atoms with Crippen molar-refractivity contribution in [3.8, 4) is 0 Å². The SMILES string of the molecule is CC(C)(C)OC(=O)NC1C(=O)N2C(C(=O)[O-])=C(CO)CS[C@H]12.[K+]. The van der Waals surface area contributed by atoms with Gasteiger partial charge in [-0.05, 0) is 26.3 Å². The number of carbonyl (C=O) groups excluding carboxylic acids is 3. The molecule has 0 saturated carbocycles. The Bertz CT molecular complexity index is 559. The minimum absolute atomic E-state index is 0. The van der Waals surface area contributed by atoms with Crippen LogP contribution in [0.15, 0.2) is 11.3 Å². The molecule has 2 atom stereocenters. The summed E-state index contributed by atoms with van der Waals surface area (Å²) in [5, 5.41) is 22.3. The van der Waals surface area contributed by atoms with Crippen molar-refractivity contribution in [1.29, 1.82) is 0 Å². The van der Waals surface area contributed by atoms with Crippen LogP contribution in [0, 0.1) is 0 Å². The topological polar surface area (TPSA) is 119 Å². The van der Waals surface area contributed by atoms with Crippen LogP contribution in [0.3, 0.4) is 0 Å². The number of aliphatic hydroxyl groups excluding tert-OH is 1. The second-order valence-electron chi connectivity index (χ2n) is 5.93. The van der Waals surface area contributed by atoms with Crippen molar-refractivity contribution >= 4 is 29.7 Å². The van der Waals surface area contributed by atoms with Gasteiger partial charge in [0, 0.05) is 5.75 Å². The van der Waals surface area contributed by atoms with Crippen LogP contribution in [0.5, 0.6) is 0 Å². The van der Waals surface area contributed by atoms with E-state index in [9.17, 15) is 24.6 Å². The molecule has 10 heteroatoms. The molecule has 8 nitrogen and oxygen atoms in total. The van der Waals surface area contributed by atoms with Crippen molar-refractivity contribution < 1.29 is 80.7 Å². The molecule has 0 bridgehead atoms. The maximum atomic E-state index is 12.1. The zero-order valence-corrected chi connectivity index (χ0v) is 17.4. The Balaban J connectivity index is 0.00000264. The van der Waals surface area contributed by atoms with E-state index in [0.717, 1.165) is 4.90 Å². The Kier molecular flexibility index (Phi) is 7.15. The molecule has 23 heavy (non-hydrogen) atoms. The van der Waals surface area contributed by atoms with E-state index in [2.05, 4.69) is 5.32 Å². The van der Waals surface area contributed by atoms with E-state index in [1.165, 1.54) is 11.8 Å². The number of carboxylic acid groups (broad SMARTS) is 1. The molecule has 2 aliphatic heterocycles. The number of carbonyl (C=O) groups is 3. The molecule has 0 aromatic rings. The van der Waals surface area contributed by atoms with Gasteiger partial charge in [0.2, 0.25) is 0 Å². The van der Waals surface area contributed by atoms with Crippen LogP contribution in [0.4, 0.5) is 4.79 Å². The van der Waals surface area contributed by atoms with Crippen LogP contribution in [0.25, 0.3) is 0 Å². The van der Waals surface area contributed by atoms with Gasteiger partial charge in [0.25, 0.3) is 5.91 Å². The molecule has 0 aromatic heterocycles. The maximum Gasteiger partial charge on any atom is 1.00 e. The van der Waals surface area contributed by atoms with Crippen LogP contribution >= 0.6 is 11.8 Å². The third-order valence-corrected chi connectivity index (χ3v) is 4.44. The molecule has 1 unspecified atom stereocenters. The second kappa shape index (κ2) is 7.85. The average molecular weight is 368 g/mol. The summed E-state index contributed by atoms with van der Waals surface area (Å²) in [6.45, 7) is 4.63. The Morgan fingerprint density at radius 2 is 2.09 bits per heavy atom. The predicted molar refractivity (Wildman–Crippen MR) is 75.4 cm³/mol. The zero-order valence-electron chi connectivity index (χ0n) is 13.4. The van der Waals surface area contributed by atoms with Crippen LogP contribution < -0.4 is 61.8 Å². The third kappa shape index (κ3) is 4.50. The molecular weight excluding hydrogens is 351 g/mol. The number of ether oxygens (including phenoxy) is 1. The van der Waals surface area contributed by atoms with Crippen molar-refractivity contribution in [3.63, 3.8) is 0 Å². The van der Waals surface area contributed by atoms with E-state index in [0.29, 0.717) is 0 Å². The number of aliphatic hydroxyl groups is 1. The van der Waals surface area contributed by atoms with Crippen LogP contribution in [0.2, 0.25) is 0 Å². The first-order valence-electron chi connectivity index (χ1n) is 6.64. The van der Waals surface area contributed by atoms with Gasteiger partial charge in [-0.2, -0.15) is 0 Å². The van der Waals surface area contributed by atoms with Gasteiger partial charge in [-0.3, -0.25) is 9.69 Å². The van der Waals surface area contributed by atoms with Gasteiger partial charge in [-0.1, -0.05) is 0 Å². The summed E-state index contributed by atoms with van der Waals surface area (Å²) in [7, 11) is 0. The number of amides is 2. The molecule has 0 aromatic carbocycles. The number of aliphatic carboxylic acids is 1. The average Bonchev–Trinajstić information content (AvgIpc) is 2.40. The Hall–Kier alpha value is -0.104. The number of hydrogen-bond acceptors (Lipinski definition) is 7. The molecular formula is C13H17KN2O6S. The Labute approximate surface area is 180 Å². The van der Waals surface area contributed by atoms with E-state index in [1.54, 1.807) is 20.8 Å². The van der Waals surface area contributed by atoms with E-state index in [4.69, 9.17) is 4.74 Å². The van der Waals surface area contributed by atoms with E-state index >= 15 is 0 Å². The summed E-state index contributed by atoms with van der Waals surface area (Å²) in [6.07, 6.45) is -0.738. The monoisotopic (exact) mass is 368 g/mol. The van der Waals surface area contributed by atoms with Crippen molar-refractivity contribution in [2.75, 3.05) is 12.4 Å². The van der Waals surface area contributed by atoms with Crippen LogP contribution in [-0.2, 0) is 14.3 Å². The molecule has 0 aliphatic carbocycles. The molecule has 2 heterocycles. The third-order valence-electron chi connectivity index (χ3n) is 3.10. The van der Waals surface area contributed by atoms with Crippen molar-refractivity contribution in [3.05, 3.63) is 11.3 Å². The number of nitrogens with zero attached hydrogens (tertiary/aromatic N) is 1. The fourth-order valence-electron chi connectivity index (χ4n) is 2.23. The van der Waals surface area contributed by atoms with Gasteiger partial charge in [0.15, 0.2) is 0 Å². The molecule has 2 aliphatic rings. The maximum absolute atomic E-state index is 12.1. The number of hydrogen-bond donors (Lipinski definition) is 2. The molecule has 0 spiro atoms. The van der Waals surface area contributed by atoms with E-state index < -0.39 is 41.6 Å². The minimum Gasteiger partial charge on any atom is -0.543 e. The number of nitrogens with one attached hydrogen (secondary N) is 1. The predicted octanol–water partition coefficient (Wildman–Crippen LogP) is -4.20. The first-order chi connectivity index (χ1) is 10.2. The fraction of sp³-hybridized carbons (Fsp3) is 0.615. The molecule has 2 amide bonds. The van der Waals surface area contributed by atoms with Gasteiger partial charge in [0.1, 0.15) is 17.0 Å². The standard InChI is InChI=1S/C13H18N2O6S.K/c1-13(2,3)21-12(20)14-7-9(17)15-8(11(18)19)6(4-16)5-22-10(7)15;/h7,10,16H,4-5H2,1-3H3,(H,14,20)(H,18,19);/q;+1/p-1/t7?,10-;/m1./s1. The molecule has 1 fully saturated rings. The zero-order chi connectivity index (χ0) is 16.7. The second-order valence-corrected chi connectivity index (χ2v) is 7.04. The Morgan fingerprint density at radius 3 is 2.57 bits per heavy atom. The van der Waals surface area contributed by atoms with Crippen molar-refractivity contribution in [2.24, 2.45) is 0 Å². The van der Waals surface area contributed by atoms with Crippen LogP contribution in [-0.4, -0.2) is 57.4 Å². The van der Waals surface area contributed by atoms with Crippen molar-refractivity contribution in [1.82, 2.24) is 10.2 Å². The van der Waals surface area contributed by atoms with Crippen LogP contribution in [0.1, 0.15) is 20.8 Å². The Morgan fingerprint density at radius 1 is 1.48 bits per heavy atom. The van der Waals surface area contributed by atoms with E-state index in [1.807, 2.05) is 0 Å². The van der Waals surface area contributed by atoms with Gasteiger partial charge < -0.3 is 25.1 Å². The summed E-state index contributed by atoms with van der Waals surface area (Å²) in [4.78, 5) is 36.1. The number of β-lactam (4-membered cyclic amide) rings is 1. The summed E-state index contributed by atoms with van der Waals surface area (Å²) in [6, 6.07) is -0.852. The van der Waals surface area contributed by atoms with Gasteiger partial charge in [0.05, 0.1) is 18.3 Å². The largest absolute Gasteiger partial charge is 1.00 e. The quantitative estimate of drug-likeness (QED) is 0.383. The molecule has 2 N–H and O–H groups in total. The number of rotatable bonds is 3. The van der Waals surface area contributed by atoms with Crippen molar-refractivity contribution in [2.45, 2.75) is 37.8 Å². The van der Waals surface area contributed by atoms with E-state index in [-0.39, 0.29) is 68.4 Å².